The molecule has 0 aliphatic carbocycles. The third-order valence-electron chi connectivity index (χ3n) is 2.69. The van der Waals surface area contributed by atoms with Gasteiger partial charge in [0.05, 0.1) is 0 Å². The van der Waals surface area contributed by atoms with Gasteiger partial charge in [0.15, 0.2) is 0 Å². The zero-order chi connectivity index (χ0) is 9.84. The molecule has 1 saturated heterocycles. The predicted molar refractivity (Wildman–Crippen MR) is 54.0 cm³/mol. The zero-order valence-corrected chi connectivity index (χ0v) is 8.97. The van der Waals surface area contributed by atoms with Crippen molar-refractivity contribution in [2.24, 2.45) is 0 Å². The van der Waals surface area contributed by atoms with E-state index in [0.29, 0.717) is 12.1 Å². The first kappa shape index (κ1) is 10.8. The van der Waals surface area contributed by atoms with Crippen molar-refractivity contribution in [1.29, 1.82) is 0 Å². The molecule has 0 saturated carbocycles. The molecule has 2 atom stereocenters. The number of nitrogens with one attached hydrogen (secondary N) is 1. The van der Waals surface area contributed by atoms with Gasteiger partial charge in [-0.3, -0.25) is 4.79 Å². The molecule has 1 fully saturated rings. The summed E-state index contributed by atoms with van der Waals surface area (Å²) >= 11 is 5.41. The monoisotopic (exact) mass is 204 g/mol. The number of alkyl halides is 1. The molecule has 1 rings (SSSR count). The molecule has 1 aliphatic heterocycles. The Morgan fingerprint density at radius 1 is 1.69 bits per heavy atom. The Labute approximate surface area is 84.4 Å². The Morgan fingerprint density at radius 2 is 2.38 bits per heavy atom. The Kier molecular flexibility index (Phi) is 4.00. The van der Waals surface area contributed by atoms with E-state index < -0.39 is 0 Å². The topological polar surface area (TPSA) is 32.3 Å². The van der Waals surface area contributed by atoms with Gasteiger partial charge in [-0.05, 0) is 26.8 Å². The molecule has 1 N–H and O–H groups in total. The molecule has 76 valence electrons. The highest BCUT2D eigenvalue weighted by molar-refractivity contribution is 6.27. The van der Waals surface area contributed by atoms with Crippen molar-refractivity contribution in [1.82, 2.24) is 10.2 Å². The van der Waals surface area contributed by atoms with Crippen molar-refractivity contribution >= 4 is 17.5 Å². The van der Waals surface area contributed by atoms with E-state index in [1.807, 2.05) is 0 Å². The fourth-order valence-corrected chi connectivity index (χ4v) is 1.76. The van der Waals surface area contributed by atoms with Crippen LogP contribution in [-0.4, -0.2) is 42.4 Å². The summed E-state index contributed by atoms with van der Waals surface area (Å²) in [6.07, 6.45) is 2.06. The van der Waals surface area contributed by atoms with Gasteiger partial charge in [-0.15, -0.1) is 11.6 Å². The van der Waals surface area contributed by atoms with E-state index in [4.69, 9.17) is 11.6 Å². The van der Waals surface area contributed by atoms with Crippen molar-refractivity contribution in [3.05, 3.63) is 0 Å². The molecule has 0 radical (unpaired) electrons. The van der Waals surface area contributed by atoms with E-state index in [-0.39, 0.29) is 11.8 Å². The number of likely N-dealkylation sites (tertiary alicyclic amines) is 1. The molecular formula is C9H17ClN2O. The normalized spacial score (nSPS) is 30.1. The van der Waals surface area contributed by atoms with Crippen molar-refractivity contribution in [3.63, 3.8) is 0 Å². The number of amides is 1. The Morgan fingerprint density at radius 3 is 2.92 bits per heavy atom. The number of nitrogens with zero attached hydrogens (tertiary/aromatic N) is 1. The maximum Gasteiger partial charge on any atom is 0.235 e. The van der Waals surface area contributed by atoms with E-state index >= 15 is 0 Å². The van der Waals surface area contributed by atoms with Crippen LogP contribution in [0.15, 0.2) is 0 Å². The lowest BCUT2D eigenvalue weighted by molar-refractivity contribution is -0.119. The van der Waals surface area contributed by atoms with Gasteiger partial charge in [-0.2, -0.15) is 0 Å². The molecule has 0 aromatic rings. The lowest BCUT2D eigenvalue weighted by atomic mass is 9.99. The van der Waals surface area contributed by atoms with Gasteiger partial charge in [-0.25, -0.2) is 0 Å². The van der Waals surface area contributed by atoms with Crippen LogP contribution in [0.1, 0.15) is 19.8 Å². The summed E-state index contributed by atoms with van der Waals surface area (Å²) in [6.45, 7) is 3.23. The van der Waals surface area contributed by atoms with Crippen LogP contribution in [-0.2, 0) is 4.79 Å². The number of hydrogen-bond acceptors (Lipinski definition) is 2. The Balaban J connectivity index is 2.33. The lowest BCUT2D eigenvalue weighted by Gasteiger charge is -2.35. The van der Waals surface area contributed by atoms with Crippen molar-refractivity contribution in [2.75, 3.05) is 19.5 Å². The standard InChI is InChI=1S/C9H17ClN2O/c1-7-5-8(3-4-12(7)2)11-9(13)6-10/h7-8H,3-6H2,1-2H3,(H,11,13). The first-order valence-electron chi connectivity index (χ1n) is 4.69. The van der Waals surface area contributed by atoms with Crippen LogP contribution >= 0.6 is 11.6 Å². The average Bonchev–Trinajstić information content (AvgIpc) is 2.11. The van der Waals surface area contributed by atoms with Gasteiger partial charge in [0.25, 0.3) is 0 Å². The van der Waals surface area contributed by atoms with E-state index in [2.05, 4.69) is 24.2 Å². The van der Waals surface area contributed by atoms with Gasteiger partial charge in [0, 0.05) is 18.6 Å². The highest BCUT2D eigenvalue weighted by Gasteiger charge is 2.23. The molecule has 1 aliphatic rings. The lowest BCUT2D eigenvalue weighted by Crippen LogP contribution is -2.47. The third-order valence-corrected chi connectivity index (χ3v) is 2.94. The number of hydrogen-bond donors (Lipinski definition) is 1. The smallest absolute Gasteiger partial charge is 0.235 e. The highest BCUT2D eigenvalue weighted by Crippen LogP contribution is 2.14. The van der Waals surface area contributed by atoms with E-state index in [1.165, 1.54) is 0 Å². The predicted octanol–water partition coefficient (Wildman–Crippen LogP) is 0.824. The average molecular weight is 205 g/mol. The fraction of sp³-hybridized carbons (Fsp3) is 0.889. The minimum atomic E-state index is -0.0524. The second-order valence-electron chi connectivity index (χ2n) is 3.75. The molecular weight excluding hydrogens is 188 g/mol. The SMILES string of the molecule is CC1CC(NC(=O)CCl)CCN1C. The quantitative estimate of drug-likeness (QED) is 0.676. The third kappa shape index (κ3) is 3.16. The maximum absolute atomic E-state index is 11.0. The minimum absolute atomic E-state index is 0.0524. The summed E-state index contributed by atoms with van der Waals surface area (Å²) in [5.41, 5.74) is 0. The number of carbonyl (C=O) groups is 1. The van der Waals surface area contributed by atoms with Gasteiger partial charge >= 0.3 is 0 Å². The second kappa shape index (κ2) is 4.82. The van der Waals surface area contributed by atoms with E-state index in [9.17, 15) is 4.79 Å². The Bertz CT molecular complexity index is 186. The van der Waals surface area contributed by atoms with Crippen LogP contribution in [0.2, 0.25) is 0 Å². The van der Waals surface area contributed by atoms with Crippen LogP contribution in [0.25, 0.3) is 0 Å². The summed E-state index contributed by atoms with van der Waals surface area (Å²) in [7, 11) is 2.12. The van der Waals surface area contributed by atoms with Gasteiger partial charge in [0.1, 0.15) is 5.88 Å². The molecule has 1 amide bonds. The summed E-state index contributed by atoms with van der Waals surface area (Å²) in [4.78, 5) is 13.3. The van der Waals surface area contributed by atoms with E-state index in [1.54, 1.807) is 0 Å². The minimum Gasteiger partial charge on any atom is -0.352 e. The van der Waals surface area contributed by atoms with Crippen molar-refractivity contribution < 1.29 is 4.79 Å². The van der Waals surface area contributed by atoms with Gasteiger partial charge in [0.2, 0.25) is 5.91 Å². The first-order valence-corrected chi connectivity index (χ1v) is 5.22. The summed E-state index contributed by atoms with van der Waals surface area (Å²) in [5.74, 6) is 0.0178. The molecule has 4 heteroatoms. The molecule has 1 heterocycles. The van der Waals surface area contributed by atoms with Crippen LogP contribution < -0.4 is 5.32 Å². The first-order chi connectivity index (χ1) is 6.13. The number of rotatable bonds is 2. The summed E-state index contributed by atoms with van der Waals surface area (Å²) < 4.78 is 0. The van der Waals surface area contributed by atoms with Crippen LogP contribution in [0.5, 0.6) is 0 Å². The summed E-state index contributed by atoms with van der Waals surface area (Å²) in [6, 6.07) is 0.867. The molecule has 0 bridgehead atoms. The molecule has 2 unspecified atom stereocenters. The van der Waals surface area contributed by atoms with Gasteiger partial charge in [-0.1, -0.05) is 0 Å². The van der Waals surface area contributed by atoms with Gasteiger partial charge < -0.3 is 10.2 Å². The molecule has 0 aromatic carbocycles. The van der Waals surface area contributed by atoms with Crippen molar-refractivity contribution in [3.8, 4) is 0 Å². The number of halogens is 1. The van der Waals surface area contributed by atoms with Crippen molar-refractivity contribution in [2.45, 2.75) is 31.8 Å². The van der Waals surface area contributed by atoms with Crippen LogP contribution in [0, 0.1) is 0 Å². The molecule has 13 heavy (non-hydrogen) atoms. The maximum atomic E-state index is 11.0. The van der Waals surface area contributed by atoms with Crippen LogP contribution in [0.4, 0.5) is 0 Å². The molecule has 0 spiro atoms. The molecule has 0 aromatic heterocycles. The van der Waals surface area contributed by atoms with Crippen LogP contribution in [0.3, 0.4) is 0 Å². The fourth-order valence-electron chi connectivity index (χ4n) is 1.69. The highest BCUT2D eigenvalue weighted by atomic mass is 35.5. The zero-order valence-electron chi connectivity index (χ0n) is 8.22. The number of carbonyl (C=O) groups excluding carboxylic acids is 1. The number of piperidine rings is 1. The summed E-state index contributed by atoms with van der Waals surface area (Å²) in [5, 5.41) is 2.92. The second-order valence-corrected chi connectivity index (χ2v) is 4.02. The molecule has 3 nitrogen and oxygen atoms in total. The largest absolute Gasteiger partial charge is 0.352 e. The Hall–Kier alpha value is -0.280. The van der Waals surface area contributed by atoms with E-state index in [0.717, 1.165) is 19.4 Å².